The highest BCUT2D eigenvalue weighted by Gasteiger charge is 2.47. The van der Waals surface area contributed by atoms with Crippen LogP contribution in [-0.2, 0) is 19.5 Å². The summed E-state index contributed by atoms with van der Waals surface area (Å²) in [7, 11) is -2.23. The molecule has 3 unspecified atom stereocenters. The topological polar surface area (TPSA) is 82.6 Å². The van der Waals surface area contributed by atoms with Crippen LogP contribution in [0.1, 0.15) is 50.1 Å². The van der Waals surface area contributed by atoms with Crippen molar-refractivity contribution in [3.05, 3.63) is 141 Å². The Morgan fingerprint density at radius 2 is 1.33 bits per heavy atom. The van der Waals surface area contributed by atoms with Gasteiger partial charge in [0.05, 0.1) is 18.8 Å². The molecule has 8 heteroatoms. The van der Waals surface area contributed by atoms with Crippen LogP contribution < -0.4 is 11.2 Å². The first-order valence-corrected chi connectivity index (χ1v) is 17.4. The van der Waals surface area contributed by atoms with Gasteiger partial charge in [-0.05, 0) is 34.8 Å². The van der Waals surface area contributed by atoms with Crippen molar-refractivity contribution >= 4 is 8.32 Å². The fourth-order valence-corrected chi connectivity index (χ4v) is 6.67. The first kappa shape index (κ1) is 29.9. The lowest BCUT2D eigenvalue weighted by atomic mass is 9.80. The maximum atomic E-state index is 12.9. The number of nitrogens with one attached hydrogen (secondary N) is 1. The van der Waals surface area contributed by atoms with E-state index in [0.717, 1.165) is 16.7 Å². The Morgan fingerprint density at radius 3 is 1.79 bits per heavy atom. The second kappa shape index (κ2) is 12.0. The van der Waals surface area contributed by atoms with Crippen molar-refractivity contribution in [2.45, 2.75) is 69.4 Å². The number of hydrogen-bond acceptors (Lipinski definition) is 5. The van der Waals surface area contributed by atoms with Crippen LogP contribution in [0, 0.1) is 0 Å². The third-order valence-corrected chi connectivity index (χ3v) is 13.1. The standard InChI is InChI=1S/C34H40N2O5Si/c1-33(2,3)42(4,5)41-29-23-28(40-31(29)36-22-21-30(37)35-32(36)38)24-39-34(25-15-9-6-10-16-25,26-17-11-7-12-18-26)27-19-13-8-14-20-27/h6-22,28-29,31H,23-24H2,1-5H3,(H,35,37,38). The molecule has 1 saturated heterocycles. The summed E-state index contributed by atoms with van der Waals surface area (Å²) in [6, 6.07) is 32.0. The van der Waals surface area contributed by atoms with Gasteiger partial charge < -0.3 is 13.9 Å². The van der Waals surface area contributed by atoms with Crippen LogP contribution in [0.25, 0.3) is 0 Å². The van der Waals surface area contributed by atoms with Crippen LogP contribution in [0.4, 0.5) is 0 Å². The monoisotopic (exact) mass is 584 g/mol. The summed E-state index contributed by atoms with van der Waals surface area (Å²) in [5.41, 5.74) is 1.14. The Kier molecular flexibility index (Phi) is 8.53. The van der Waals surface area contributed by atoms with Crippen molar-refractivity contribution in [1.29, 1.82) is 0 Å². The number of ether oxygens (including phenoxy) is 2. The van der Waals surface area contributed by atoms with E-state index in [0.29, 0.717) is 6.42 Å². The van der Waals surface area contributed by atoms with E-state index in [1.165, 1.54) is 16.8 Å². The van der Waals surface area contributed by atoms with Gasteiger partial charge in [0.1, 0.15) is 5.60 Å². The van der Waals surface area contributed by atoms with E-state index in [1.807, 2.05) is 54.6 Å². The molecule has 0 saturated carbocycles. The lowest BCUT2D eigenvalue weighted by Crippen LogP contribution is -2.46. The van der Waals surface area contributed by atoms with Gasteiger partial charge in [-0.2, -0.15) is 0 Å². The van der Waals surface area contributed by atoms with Crippen LogP contribution in [0.15, 0.2) is 113 Å². The Labute approximate surface area is 248 Å². The molecule has 1 aromatic heterocycles. The molecule has 0 aliphatic carbocycles. The summed E-state index contributed by atoms with van der Waals surface area (Å²) in [6.07, 6.45) is 0.578. The average Bonchev–Trinajstić information content (AvgIpc) is 3.36. The molecule has 3 atom stereocenters. The van der Waals surface area contributed by atoms with Crippen molar-refractivity contribution < 1.29 is 13.9 Å². The maximum Gasteiger partial charge on any atom is 0.330 e. The zero-order valence-electron chi connectivity index (χ0n) is 24.9. The lowest BCUT2D eigenvalue weighted by molar-refractivity contribution is -0.0864. The number of benzene rings is 3. The van der Waals surface area contributed by atoms with E-state index in [-0.39, 0.29) is 23.9 Å². The predicted octanol–water partition coefficient (Wildman–Crippen LogP) is 6.22. The molecule has 0 bridgehead atoms. The summed E-state index contributed by atoms with van der Waals surface area (Å²) >= 11 is 0. The molecule has 7 nitrogen and oxygen atoms in total. The molecule has 42 heavy (non-hydrogen) atoms. The maximum absolute atomic E-state index is 12.9. The highest BCUT2D eigenvalue weighted by molar-refractivity contribution is 6.74. The second-order valence-electron chi connectivity index (χ2n) is 12.4. The third kappa shape index (κ3) is 5.98. The molecule has 1 aliphatic rings. The van der Waals surface area contributed by atoms with Crippen molar-refractivity contribution in [2.24, 2.45) is 0 Å². The molecule has 0 amide bonds. The van der Waals surface area contributed by atoms with E-state index < -0.39 is 31.4 Å². The van der Waals surface area contributed by atoms with Gasteiger partial charge in [-0.1, -0.05) is 112 Å². The molecule has 2 heterocycles. The van der Waals surface area contributed by atoms with E-state index in [9.17, 15) is 9.59 Å². The number of aromatic amines is 1. The Hall–Kier alpha value is -3.56. The summed E-state index contributed by atoms with van der Waals surface area (Å²) < 4.78 is 21.9. The van der Waals surface area contributed by atoms with Crippen molar-refractivity contribution in [1.82, 2.24) is 9.55 Å². The number of H-pyrrole nitrogens is 1. The van der Waals surface area contributed by atoms with Crippen molar-refractivity contribution in [2.75, 3.05) is 6.61 Å². The largest absolute Gasteiger partial charge is 0.409 e. The molecule has 3 aromatic carbocycles. The number of hydrogen-bond donors (Lipinski definition) is 1. The fraction of sp³-hybridized carbons (Fsp3) is 0.353. The minimum atomic E-state index is -2.23. The molecule has 1 aliphatic heterocycles. The van der Waals surface area contributed by atoms with Gasteiger partial charge in [0, 0.05) is 18.7 Å². The van der Waals surface area contributed by atoms with Crippen LogP contribution in [-0.4, -0.2) is 36.7 Å². The number of aromatic nitrogens is 2. The van der Waals surface area contributed by atoms with E-state index >= 15 is 0 Å². The van der Waals surface area contributed by atoms with E-state index in [2.05, 4.69) is 75.2 Å². The normalized spacial score (nSPS) is 19.6. The quantitative estimate of drug-likeness (QED) is 0.187. The minimum absolute atomic E-state index is 0.0365. The van der Waals surface area contributed by atoms with Gasteiger partial charge in [0.15, 0.2) is 14.5 Å². The molecule has 4 aromatic rings. The Morgan fingerprint density at radius 1 is 0.833 bits per heavy atom. The summed E-state index contributed by atoms with van der Waals surface area (Å²) in [5.74, 6) is 0. The minimum Gasteiger partial charge on any atom is -0.409 e. The number of nitrogens with zero attached hydrogens (tertiary/aromatic N) is 1. The van der Waals surface area contributed by atoms with Crippen LogP contribution in [0.3, 0.4) is 0 Å². The molecule has 1 N–H and O–H groups in total. The smallest absolute Gasteiger partial charge is 0.330 e. The van der Waals surface area contributed by atoms with E-state index in [4.69, 9.17) is 13.9 Å². The third-order valence-electron chi connectivity index (χ3n) is 8.55. The predicted molar refractivity (Wildman–Crippen MR) is 167 cm³/mol. The van der Waals surface area contributed by atoms with Crippen LogP contribution in [0.2, 0.25) is 18.1 Å². The van der Waals surface area contributed by atoms with Crippen LogP contribution in [0.5, 0.6) is 0 Å². The van der Waals surface area contributed by atoms with Gasteiger partial charge in [0.25, 0.3) is 5.56 Å². The van der Waals surface area contributed by atoms with Gasteiger partial charge in [-0.3, -0.25) is 14.3 Å². The average molecular weight is 585 g/mol. The molecule has 220 valence electrons. The van der Waals surface area contributed by atoms with Crippen LogP contribution >= 0.6 is 0 Å². The van der Waals surface area contributed by atoms with Gasteiger partial charge in [0.2, 0.25) is 0 Å². The van der Waals surface area contributed by atoms with Crippen molar-refractivity contribution in [3.8, 4) is 0 Å². The molecular formula is C34H40N2O5Si. The van der Waals surface area contributed by atoms with Gasteiger partial charge in [-0.25, -0.2) is 4.79 Å². The summed E-state index contributed by atoms with van der Waals surface area (Å²) in [6.45, 7) is 11.2. The first-order chi connectivity index (χ1) is 20.0. The number of rotatable bonds is 9. The zero-order valence-corrected chi connectivity index (χ0v) is 25.9. The highest BCUT2D eigenvalue weighted by atomic mass is 28.4. The molecule has 5 rings (SSSR count). The molecule has 1 fully saturated rings. The Bertz CT molecular complexity index is 1480. The lowest BCUT2D eigenvalue weighted by Gasteiger charge is -2.39. The van der Waals surface area contributed by atoms with E-state index in [1.54, 1.807) is 0 Å². The first-order valence-electron chi connectivity index (χ1n) is 14.5. The summed E-state index contributed by atoms with van der Waals surface area (Å²) in [5, 5.41) is -0.0365. The molecule has 0 radical (unpaired) electrons. The van der Waals surface area contributed by atoms with Crippen molar-refractivity contribution in [3.63, 3.8) is 0 Å². The van der Waals surface area contributed by atoms with Gasteiger partial charge >= 0.3 is 5.69 Å². The molecule has 0 spiro atoms. The second-order valence-corrected chi connectivity index (χ2v) is 17.2. The highest BCUT2D eigenvalue weighted by Crippen LogP contribution is 2.44. The zero-order chi connectivity index (χ0) is 30.0. The molecular weight excluding hydrogens is 544 g/mol. The summed E-state index contributed by atoms with van der Waals surface area (Å²) in [4.78, 5) is 27.1. The van der Waals surface area contributed by atoms with Gasteiger partial charge in [-0.15, -0.1) is 0 Å². The SMILES string of the molecule is CC(C)(C)[Si](C)(C)OC1CC(COC(c2ccccc2)(c2ccccc2)c2ccccc2)OC1n1ccc(=O)[nH]c1=O. The Balaban J connectivity index is 1.52. The fourth-order valence-electron chi connectivity index (χ4n) is 5.34.